The van der Waals surface area contributed by atoms with E-state index in [0.29, 0.717) is 17.1 Å². The minimum absolute atomic E-state index is 0.348. The SMILES string of the molecule is CCN1c2cc(-c3cn[nH]c3C)sc2C(=O)NC1(C)CC(F)(F)F. The molecule has 0 saturated heterocycles. The number of hydrogen-bond donors (Lipinski definition) is 2. The first-order chi connectivity index (χ1) is 11.1. The molecule has 1 amide bonds. The van der Waals surface area contributed by atoms with Crippen LogP contribution >= 0.6 is 11.3 Å². The van der Waals surface area contributed by atoms with Gasteiger partial charge in [0.1, 0.15) is 10.5 Å². The molecule has 0 aliphatic carbocycles. The van der Waals surface area contributed by atoms with Crippen molar-refractivity contribution in [2.24, 2.45) is 0 Å². The molecular weight excluding hydrogens is 341 g/mol. The van der Waals surface area contributed by atoms with E-state index in [0.717, 1.165) is 16.1 Å². The number of hydrogen-bond acceptors (Lipinski definition) is 4. The van der Waals surface area contributed by atoms with E-state index in [9.17, 15) is 18.0 Å². The second-order valence-electron chi connectivity index (χ2n) is 6.00. The third-order valence-corrected chi connectivity index (χ3v) is 5.30. The van der Waals surface area contributed by atoms with Crippen LogP contribution in [0.3, 0.4) is 0 Å². The van der Waals surface area contributed by atoms with E-state index in [-0.39, 0.29) is 0 Å². The molecule has 9 heteroatoms. The van der Waals surface area contributed by atoms with Crippen molar-refractivity contribution in [1.82, 2.24) is 15.5 Å². The van der Waals surface area contributed by atoms with Crippen molar-refractivity contribution < 1.29 is 18.0 Å². The Morgan fingerprint density at radius 1 is 1.42 bits per heavy atom. The third kappa shape index (κ3) is 2.77. The number of aryl methyl sites for hydroxylation is 1. The number of H-pyrrole nitrogens is 1. The summed E-state index contributed by atoms with van der Waals surface area (Å²) in [6.07, 6.45) is -3.85. The Morgan fingerprint density at radius 2 is 2.12 bits per heavy atom. The molecule has 3 rings (SSSR count). The van der Waals surface area contributed by atoms with Crippen LogP contribution < -0.4 is 10.2 Å². The summed E-state index contributed by atoms with van der Waals surface area (Å²) in [6.45, 7) is 5.38. The number of anilines is 1. The highest BCUT2D eigenvalue weighted by atomic mass is 32.1. The van der Waals surface area contributed by atoms with Crippen LogP contribution in [0.5, 0.6) is 0 Å². The van der Waals surface area contributed by atoms with Gasteiger partial charge in [-0.15, -0.1) is 11.3 Å². The van der Waals surface area contributed by atoms with Gasteiger partial charge in [0.2, 0.25) is 0 Å². The standard InChI is InChI=1S/C15H17F3N4OS/c1-4-22-10-5-11(9-6-19-21-8(9)2)24-12(10)13(23)20-14(22,3)7-15(16,17)18/h5-6H,4,7H2,1-3H3,(H,19,21)(H,20,23). The number of thiophene rings is 1. The lowest BCUT2D eigenvalue weighted by atomic mass is 10.0. The number of amides is 1. The summed E-state index contributed by atoms with van der Waals surface area (Å²) in [4.78, 5) is 15.2. The zero-order chi connectivity index (χ0) is 17.7. The summed E-state index contributed by atoms with van der Waals surface area (Å²) in [5.41, 5.74) is 0.723. The van der Waals surface area contributed by atoms with Crippen molar-refractivity contribution in [1.29, 1.82) is 0 Å². The van der Waals surface area contributed by atoms with Crippen molar-refractivity contribution in [3.05, 3.63) is 22.8 Å². The normalized spacial score (nSPS) is 20.9. The van der Waals surface area contributed by atoms with Gasteiger partial charge in [0.05, 0.1) is 18.3 Å². The van der Waals surface area contributed by atoms with Crippen LogP contribution in [-0.2, 0) is 0 Å². The van der Waals surface area contributed by atoms with E-state index in [1.54, 1.807) is 24.1 Å². The Balaban J connectivity index is 2.07. The number of nitrogens with zero attached hydrogens (tertiary/aromatic N) is 2. The molecule has 0 spiro atoms. The van der Waals surface area contributed by atoms with Crippen LogP contribution in [-0.4, -0.2) is 34.5 Å². The number of fused-ring (bicyclic) bond motifs is 1. The Kier molecular flexibility index (Phi) is 3.86. The summed E-state index contributed by atoms with van der Waals surface area (Å²) in [7, 11) is 0. The Morgan fingerprint density at radius 3 is 2.67 bits per heavy atom. The Labute approximate surface area is 140 Å². The number of alkyl halides is 3. The van der Waals surface area contributed by atoms with Crippen LogP contribution in [0.15, 0.2) is 12.3 Å². The van der Waals surface area contributed by atoms with Gasteiger partial charge in [0, 0.05) is 22.7 Å². The first-order valence-corrected chi connectivity index (χ1v) is 8.27. The Hall–Kier alpha value is -2.03. The fourth-order valence-corrected chi connectivity index (χ4v) is 4.28. The molecule has 1 atom stereocenters. The highest BCUT2D eigenvalue weighted by molar-refractivity contribution is 7.18. The highest BCUT2D eigenvalue weighted by Crippen LogP contribution is 2.44. The molecule has 130 valence electrons. The first-order valence-electron chi connectivity index (χ1n) is 7.45. The summed E-state index contributed by atoms with van der Waals surface area (Å²) >= 11 is 1.26. The van der Waals surface area contributed by atoms with E-state index in [2.05, 4.69) is 15.5 Å². The van der Waals surface area contributed by atoms with Gasteiger partial charge >= 0.3 is 6.18 Å². The molecule has 2 aromatic rings. The van der Waals surface area contributed by atoms with Gasteiger partial charge in [0.25, 0.3) is 5.91 Å². The van der Waals surface area contributed by atoms with Crippen LogP contribution in [0.25, 0.3) is 10.4 Å². The number of halogens is 3. The lowest BCUT2D eigenvalue weighted by Crippen LogP contribution is -2.63. The van der Waals surface area contributed by atoms with E-state index < -0.39 is 24.2 Å². The number of aromatic nitrogens is 2. The van der Waals surface area contributed by atoms with Gasteiger partial charge in [-0.05, 0) is 26.8 Å². The lowest BCUT2D eigenvalue weighted by Gasteiger charge is -2.46. The molecule has 0 saturated carbocycles. The summed E-state index contributed by atoms with van der Waals surface area (Å²) in [5.74, 6) is -0.473. The molecule has 3 heterocycles. The molecule has 5 nitrogen and oxygen atoms in total. The van der Waals surface area contributed by atoms with Gasteiger partial charge < -0.3 is 10.2 Å². The number of carbonyl (C=O) groups is 1. The van der Waals surface area contributed by atoms with Crippen LogP contribution in [0.4, 0.5) is 18.9 Å². The summed E-state index contributed by atoms with van der Waals surface area (Å²) in [6, 6.07) is 1.77. The van der Waals surface area contributed by atoms with Gasteiger partial charge in [-0.3, -0.25) is 9.89 Å². The highest BCUT2D eigenvalue weighted by Gasteiger charge is 2.48. The molecule has 0 radical (unpaired) electrons. The number of nitrogens with one attached hydrogen (secondary N) is 2. The molecule has 1 unspecified atom stereocenters. The van der Waals surface area contributed by atoms with Crippen LogP contribution in [0.1, 0.15) is 35.6 Å². The molecule has 2 aromatic heterocycles. The topological polar surface area (TPSA) is 61.0 Å². The smallest absolute Gasteiger partial charge is 0.348 e. The predicted molar refractivity (Wildman–Crippen MR) is 86.2 cm³/mol. The van der Waals surface area contributed by atoms with Crippen molar-refractivity contribution in [2.45, 2.75) is 39.0 Å². The first kappa shape index (κ1) is 16.8. The summed E-state index contributed by atoms with van der Waals surface area (Å²) in [5, 5.41) is 9.32. The number of rotatable bonds is 3. The van der Waals surface area contributed by atoms with Crippen molar-refractivity contribution in [3.63, 3.8) is 0 Å². The second kappa shape index (κ2) is 5.51. The van der Waals surface area contributed by atoms with Crippen molar-refractivity contribution >= 4 is 22.9 Å². The molecule has 0 bridgehead atoms. The average molecular weight is 358 g/mol. The van der Waals surface area contributed by atoms with E-state index in [1.807, 2.05) is 6.92 Å². The van der Waals surface area contributed by atoms with Gasteiger partial charge in [-0.1, -0.05) is 0 Å². The maximum atomic E-state index is 13.0. The van der Waals surface area contributed by atoms with Gasteiger partial charge in [-0.25, -0.2) is 0 Å². The summed E-state index contributed by atoms with van der Waals surface area (Å²) < 4.78 is 39.0. The third-order valence-electron chi connectivity index (χ3n) is 4.14. The van der Waals surface area contributed by atoms with Crippen molar-refractivity contribution in [3.8, 4) is 10.4 Å². The lowest BCUT2D eigenvalue weighted by molar-refractivity contribution is -0.148. The largest absolute Gasteiger partial charge is 0.393 e. The maximum absolute atomic E-state index is 13.0. The minimum atomic E-state index is -4.38. The number of carbonyl (C=O) groups excluding carboxylic acids is 1. The molecule has 1 aliphatic heterocycles. The van der Waals surface area contributed by atoms with Gasteiger partial charge in [0.15, 0.2) is 0 Å². The van der Waals surface area contributed by atoms with Crippen LogP contribution in [0.2, 0.25) is 0 Å². The van der Waals surface area contributed by atoms with Crippen LogP contribution in [0, 0.1) is 6.92 Å². The van der Waals surface area contributed by atoms with E-state index in [4.69, 9.17) is 0 Å². The quantitative estimate of drug-likeness (QED) is 0.880. The van der Waals surface area contributed by atoms with Crippen molar-refractivity contribution in [2.75, 3.05) is 11.4 Å². The fourth-order valence-electron chi connectivity index (χ4n) is 3.16. The van der Waals surface area contributed by atoms with E-state index in [1.165, 1.54) is 18.3 Å². The van der Waals surface area contributed by atoms with E-state index >= 15 is 0 Å². The molecule has 2 N–H and O–H groups in total. The minimum Gasteiger partial charge on any atom is -0.348 e. The monoisotopic (exact) mass is 358 g/mol. The predicted octanol–water partition coefficient (Wildman–Crippen LogP) is 3.68. The zero-order valence-corrected chi connectivity index (χ0v) is 14.2. The Bertz CT molecular complexity index is 782. The molecule has 0 fully saturated rings. The molecule has 1 aliphatic rings. The van der Waals surface area contributed by atoms with Gasteiger partial charge in [-0.2, -0.15) is 18.3 Å². The molecule has 24 heavy (non-hydrogen) atoms. The number of aromatic amines is 1. The zero-order valence-electron chi connectivity index (χ0n) is 13.4. The second-order valence-corrected chi connectivity index (χ2v) is 7.05. The fraction of sp³-hybridized carbons (Fsp3) is 0.467. The molecule has 0 aromatic carbocycles. The molecular formula is C15H17F3N4OS. The maximum Gasteiger partial charge on any atom is 0.393 e. The average Bonchev–Trinajstić information content (AvgIpc) is 3.02.